The van der Waals surface area contributed by atoms with Crippen LogP contribution in [0.25, 0.3) is 0 Å². The van der Waals surface area contributed by atoms with E-state index in [2.05, 4.69) is 5.32 Å². The topological polar surface area (TPSA) is 58.6 Å². The van der Waals surface area contributed by atoms with Gasteiger partial charge in [-0.25, -0.2) is 4.39 Å². The van der Waals surface area contributed by atoms with Crippen LogP contribution >= 0.6 is 11.3 Å². The smallest absolute Gasteiger partial charge is 0.248 e. The van der Waals surface area contributed by atoms with E-state index in [0.717, 1.165) is 31.2 Å². The van der Waals surface area contributed by atoms with Gasteiger partial charge in [-0.2, -0.15) is 11.3 Å². The fourth-order valence-corrected chi connectivity index (χ4v) is 5.09. The van der Waals surface area contributed by atoms with Gasteiger partial charge in [0, 0.05) is 11.7 Å². The molecule has 2 aromatic carbocycles. The number of carbonyl (C=O) groups excluding carboxylic acids is 2. The third-order valence-electron chi connectivity index (χ3n) is 6.20. The molecule has 1 heterocycles. The van der Waals surface area contributed by atoms with Gasteiger partial charge in [0.1, 0.15) is 17.6 Å². The van der Waals surface area contributed by atoms with Crippen molar-refractivity contribution in [3.63, 3.8) is 0 Å². The molecular weight excluding hydrogens is 451 g/mol. The Kier molecular flexibility index (Phi) is 7.95. The van der Waals surface area contributed by atoms with Crippen LogP contribution in [0.4, 0.5) is 10.1 Å². The van der Waals surface area contributed by atoms with Gasteiger partial charge in [-0.15, -0.1) is 0 Å². The number of carbonyl (C=O) groups is 2. The molecule has 1 saturated carbocycles. The Balaban J connectivity index is 1.73. The first kappa shape index (κ1) is 24.0. The molecule has 0 saturated heterocycles. The summed E-state index contributed by atoms with van der Waals surface area (Å²) in [6.07, 6.45) is 5.33. The van der Waals surface area contributed by atoms with E-state index in [4.69, 9.17) is 4.74 Å². The maximum absolute atomic E-state index is 13.7. The molecule has 0 aliphatic heterocycles. The maximum Gasteiger partial charge on any atom is 0.248 e. The van der Waals surface area contributed by atoms with Crippen LogP contribution in [-0.2, 0) is 16.0 Å². The molecule has 1 aromatic heterocycles. The largest absolute Gasteiger partial charge is 0.497 e. The number of benzene rings is 2. The van der Waals surface area contributed by atoms with E-state index >= 15 is 0 Å². The van der Waals surface area contributed by atoms with Gasteiger partial charge >= 0.3 is 0 Å². The number of rotatable bonds is 8. The number of nitrogens with zero attached hydrogens (tertiary/aromatic N) is 1. The van der Waals surface area contributed by atoms with Gasteiger partial charge in [0.05, 0.1) is 13.5 Å². The van der Waals surface area contributed by atoms with E-state index in [0.29, 0.717) is 17.0 Å². The van der Waals surface area contributed by atoms with Gasteiger partial charge in [0.25, 0.3) is 0 Å². The molecule has 1 unspecified atom stereocenters. The Hall–Kier alpha value is -3.19. The summed E-state index contributed by atoms with van der Waals surface area (Å²) < 4.78 is 19.0. The minimum absolute atomic E-state index is 0.0777. The Morgan fingerprint density at radius 2 is 1.76 bits per heavy atom. The van der Waals surface area contributed by atoms with Crippen molar-refractivity contribution in [3.05, 3.63) is 82.3 Å². The molecule has 3 aromatic rings. The first-order valence-electron chi connectivity index (χ1n) is 11.6. The molecule has 1 N–H and O–H groups in total. The normalized spacial score (nSPS) is 14.9. The van der Waals surface area contributed by atoms with Crippen LogP contribution in [0.3, 0.4) is 0 Å². The van der Waals surface area contributed by atoms with Crippen LogP contribution in [-0.4, -0.2) is 25.0 Å². The number of hydrogen-bond acceptors (Lipinski definition) is 4. The number of nitrogens with one attached hydrogen (secondary N) is 1. The zero-order valence-electron chi connectivity index (χ0n) is 19.2. The van der Waals surface area contributed by atoms with Crippen LogP contribution in [0.2, 0.25) is 0 Å². The number of amides is 2. The standard InChI is InChI=1S/C27H29FN2O3S/c1-33-24-13-11-23(12-14-24)30(25(31)17-19-15-16-34-18-19)26(20-7-9-21(28)10-8-20)27(32)29-22-5-3-2-4-6-22/h7-16,18,22,26H,2-6,17H2,1H3,(H,29,32). The molecule has 4 rings (SSSR count). The van der Waals surface area contributed by atoms with Crippen LogP contribution in [0, 0.1) is 5.82 Å². The van der Waals surface area contributed by atoms with Gasteiger partial charge in [-0.3, -0.25) is 14.5 Å². The van der Waals surface area contributed by atoms with Crippen molar-refractivity contribution < 1.29 is 18.7 Å². The Bertz CT molecular complexity index is 1080. The number of thiophene rings is 1. The van der Waals surface area contributed by atoms with Crippen LogP contribution in [0.1, 0.15) is 49.3 Å². The third-order valence-corrected chi connectivity index (χ3v) is 6.93. The number of hydrogen-bond donors (Lipinski definition) is 1. The summed E-state index contributed by atoms with van der Waals surface area (Å²) in [7, 11) is 1.58. The van der Waals surface area contributed by atoms with Gasteiger partial charge in [-0.1, -0.05) is 31.4 Å². The highest BCUT2D eigenvalue weighted by Gasteiger charge is 2.34. The van der Waals surface area contributed by atoms with Crippen molar-refractivity contribution in [2.45, 2.75) is 50.6 Å². The second-order valence-electron chi connectivity index (χ2n) is 8.57. The van der Waals surface area contributed by atoms with Crippen LogP contribution in [0.15, 0.2) is 65.4 Å². The zero-order chi connectivity index (χ0) is 23.9. The highest BCUT2D eigenvalue weighted by molar-refractivity contribution is 7.08. The molecule has 7 heteroatoms. The van der Waals surface area contributed by atoms with Gasteiger partial charge in [0.15, 0.2) is 0 Å². The fraction of sp³-hybridized carbons (Fsp3) is 0.333. The van der Waals surface area contributed by atoms with Crippen molar-refractivity contribution in [2.75, 3.05) is 12.0 Å². The summed E-state index contributed by atoms with van der Waals surface area (Å²) in [6, 6.07) is 13.9. The summed E-state index contributed by atoms with van der Waals surface area (Å²) in [6.45, 7) is 0. The SMILES string of the molecule is COc1ccc(N(C(=O)Cc2ccsc2)C(C(=O)NC2CCCCC2)c2ccc(F)cc2)cc1. The Labute approximate surface area is 203 Å². The molecule has 0 radical (unpaired) electrons. The highest BCUT2D eigenvalue weighted by Crippen LogP contribution is 2.31. The van der Waals surface area contributed by atoms with Crippen molar-refractivity contribution in [1.82, 2.24) is 5.32 Å². The quantitative estimate of drug-likeness (QED) is 0.453. The predicted octanol–water partition coefficient (Wildman–Crippen LogP) is 5.66. The average molecular weight is 481 g/mol. The predicted molar refractivity (Wildman–Crippen MR) is 133 cm³/mol. The van der Waals surface area contributed by atoms with Crippen molar-refractivity contribution >= 4 is 28.8 Å². The lowest BCUT2D eigenvalue weighted by molar-refractivity contribution is -0.127. The molecule has 1 aliphatic rings. The van der Waals surface area contributed by atoms with E-state index in [9.17, 15) is 14.0 Å². The van der Waals surface area contributed by atoms with E-state index in [-0.39, 0.29) is 24.3 Å². The summed E-state index contributed by atoms with van der Waals surface area (Å²) in [5, 5.41) is 7.02. The first-order chi connectivity index (χ1) is 16.5. The first-order valence-corrected chi connectivity index (χ1v) is 12.5. The molecule has 1 atom stereocenters. The van der Waals surface area contributed by atoms with Crippen molar-refractivity contribution in [1.29, 1.82) is 0 Å². The van der Waals surface area contributed by atoms with Gasteiger partial charge in [-0.05, 0) is 77.2 Å². The molecule has 1 aliphatic carbocycles. The molecule has 2 amide bonds. The highest BCUT2D eigenvalue weighted by atomic mass is 32.1. The summed E-state index contributed by atoms with van der Waals surface area (Å²) in [5.41, 5.74) is 2.03. The summed E-state index contributed by atoms with van der Waals surface area (Å²) >= 11 is 1.52. The molecule has 178 valence electrons. The van der Waals surface area contributed by atoms with Crippen LogP contribution < -0.4 is 15.0 Å². The Morgan fingerprint density at radius 3 is 2.38 bits per heavy atom. The summed E-state index contributed by atoms with van der Waals surface area (Å²) in [5.74, 6) is -0.209. The van der Waals surface area contributed by atoms with Crippen LogP contribution in [0.5, 0.6) is 5.75 Å². The molecule has 5 nitrogen and oxygen atoms in total. The minimum Gasteiger partial charge on any atom is -0.497 e. The van der Waals surface area contributed by atoms with Crippen molar-refractivity contribution in [3.8, 4) is 5.75 Å². The van der Waals surface area contributed by atoms with Crippen molar-refractivity contribution in [2.24, 2.45) is 0 Å². The number of halogens is 1. The molecule has 0 bridgehead atoms. The molecule has 0 spiro atoms. The molecule has 1 fully saturated rings. The van der Waals surface area contributed by atoms with E-state index in [1.54, 1.807) is 43.5 Å². The monoisotopic (exact) mass is 480 g/mol. The van der Waals surface area contributed by atoms with E-state index in [1.165, 1.54) is 34.8 Å². The molecular formula is C27H29FN2O3S. The minimum atomic E-state index is -0.929. The second-order valence-corrected chi connectivity index (χ2v) is 9.35. The Morgan fingerprint density at radius 1 is 1.06 bits per heavy atom. The summed E-state index contributed by atoms with van der Waals surface area (Å²) in [4.78, 5) is 28.9. The maximum atomic E-state index is 13.7. The third kappa shape index (κ3) is 5.83. The number of methoxy groups -OCH3 is 1. The number of ether oxygens (including phenoxy) is 1. The average Bonchev–Trinajstić information content (AvgIpc) is 3.37. The lowest BCUT2D eigenvalue weighted by Crippen LogP contribution is -2.47. The second kappa shape index (κ2) is 11.3. The van der Waals surface area contributed by atoms with Gasteiger partial charge in [0.2, 0.25) is 11.8 Å². The van der Waals surface area contributed by atoms with E-state index in [1.807, 2.05) is 16.8 Å². The van der Waals surface area contributed by atoms with E-state index < -0.39 is 11.9 Å². The molecule has 34 heavy (non-hydrogen) atoms. The lowest BCUT2D eigenvalue weighted by Gasteiger charge is -2.33. The van der Waals surface area contributed by atoms with Gasteiger partial charge < -0.3 is 10.1 Å². The number of anilines is 1. The zero-order valence-corrected chi connectivity index (χ0v) is 20.0. The lowest BCUT2D eigenvalue weighted by atomic mass is 9.94. The fourth-order valence-electron chi connectivity index (χ4n) is 4.42.